The van der Waals surface area contributed by atoms with Crippen LogP contribution in [-0.2, 0) is 5.54 Å². The lowest BCUT2D eigenvalue weighted by Gasteiger charge is -2.24. The van der Waals surface area contributed by atoms with Crippen molar-refractivity contribution in [3.05, 3.63) is 35.3 Å². The number of nitrogens with one attached hydrogen (secondary N) is 2. The van der Waals surface area contributed by atoms with E-state index in [0.29, 0.717) is 16.8 Å². The molecule has 2 aromatic heterocycles. The van der Waals surface area contributed by atoms with Gasteiger partial charge in [0.2, 0.25) is 0 Å². The highest BCUT2D eigenvalue weighted by molar-refractivity contribution is 6.29. The standard InChI is InChI=1S/C11H14ClN5/c1-7-15-8(12)6-9(16-7)17-11(2,3)10-13-4-5-14-10/h4-6H,1-3H3,(H,13,14)(H,15,16,17). The first-order valence-corrected chi connectivity index (χ1v) is 5.64. The molecule has 0 fully saturated rings. The number of aromatic nitrogens is 4. The highest BCUT2D eigenvalue weighted by atomic mass is 35.5. The number of anilines is 1. The Bertz CT molecular complexity index is 486. The molecular formula is C11H14ClN5. The number of rotatable bonds is 3. The SMILES string of the molecule is Cc1nc(Cl)cc(NC(C)(C)c2ncc[nH]2)n1. The minimum Gasteiger partial charge on any atom is -0.358 e. The van der Waals surface area contributed by atoms with Gasteiger partial charge in [-0.2, -0.15) is 0 Å². The third kappa shape index (κ3) is 2.74. The van der Waals surface area contributed by atoms with Crippen LogP contribution in [0.2, 0.25) is 5.15 Å². The van der Waals surface area contributed by atoms with Crippen LogP contribution in [-0.4, -0.2) is 19.9 Å². The van der Waals surface area contributed by atoms with Crippen LogP contribution >= 0.6 is 11.6 Å². The number of hydrogen-bond donors (Lipinski definition) is 2. The third-order valence-corrected chi connectivity index (χ3v) is 2.53. The zero-order chi connectivity index (χ0) is 12.5. The zero-order valence-corrected chi connectivity index (χ0v) is 10.7. The van der Waals surface area contributed by atoms with Crippen LogP contribution in [0.5, 0.6) is 0 Å². The normalized spacial score (nSPS) is 11.5. The first kappa shape index (κ1) is 11.9. The van der Waals surface area contributed by atoms with Crippen molar-refractivity contribution >= 4 is 17.4 Å². The van der Waals surface area contributed by atoms with Gasteiger partial charge in [-0.3, -0.25) is 0 Å². The van der Waals surface area contributed by atoms with Crippen LogP contribution in [0, 0.1) is 6.92 Å². The number of H-pyrrole nitrogens is 1. The van der Waals surface area contributed by atoms with Crippen molar-refractivity contribution < 1.29 is 0 Å². The van der Waals surface area contributed by atoms with Gasteiger partial charge < -0.3 is 10.3 Å². The zero-order valence-electron chi connectivity index (χ0n) is 9.95. The predicted octanol–water partition coefficient (Wildman–Crippen LogP) is 2.51. The van der Waals surface area contributed by atoms with Gasteiger partial charge in [0, 0.05) is 18.5 Å². The molecule has 2 rings (SSSR count). The monoisotopic (exact) mass is 251 g/mol. The highest BCUT2D eigenvalue weighted by Gasteiger charge is 2.23. The Labute approximate surface area is 105 Å². The van der Waals surface area contributed by atoms with Crippen molar-refractivity contribution in [2.45, 2.75) is 26.3 Å². The van der Waals surface area contributed by atoms with Crippen molar-refractivity contribution in [2.75, 3.05) is 5.32 Å². The number of hydrogen-bond acceptors (Lipinski definition) is 4. The number of aryl methyl sites for hydroxylation is 1. The van der Waals surface area contributed by atoms with Crippen molar-refractivity contribution in [1.82, 2.24) is 19.9 Å². The molecule has 0 saturated heterocycles. The molecule has 0 aromatic carbocycles. The van der Waals surface area contributed by atoms with E-state index in [2.05, 4.69) is 25.3 Å². The topological polar surface area (TPSA) is 66.5 Å². The van der Waals surface area contributed by atoms with Crippen LogP contribution in [0.4, 0.5) is 5.82 Å². The van der Waals surface area contributed by atoms with Gasteiger partial charge >= 0.3 is 0 Å². The Morgan fingerprint density at radius 3 is 2.71 bits per heavy atom. The smallest absolute Gasteiger partial charge is 0.134 e. The van der Waals surface area contributed by atoms with Crippen LogP contribution in [0.25, 0.3) is 0 Å². The second-order valence-electron chi connectivity index (χ2n) is 4.31. The average molecular weight is 252 g/mol. The molecule has 0 aliphatic rings. The largest absolute Gasteiger partial charge is 0.358 e. The lowest BCUT2D eigenvalue weighted by Crippen LogP contribution is -2.30. The number of nitrogens with zero attached hydrogens (tertiary/aromatic N) is 3. The molecule has 0 amide bonds. The summed E-state index contributed by atoms with van der Waals surface area (Å²) in [6.45, 7) is 5.82. The molecule has 17 heavy (non-hydrogen) atoms. The second-order valence-corrected chi connectivity index (χ2v) is 4.70. The van der Waals surface area contributed by atoms with E-state index >= 15 is 0 Å². The van der Waals surface area contributed by atoms with E-state index in [1.165, 1.54) is 0 Å². The Morgan fingerprint density at radius 2 is 2.12 bits per heavy atom. The summed E-state index contributed by atoms with van der Waals surface area (Å²) in [5, 5.41) is 3.70. The summed E-state index contributed by atoms with van der Waals surface area (Å²) in [7, 11) is 0. The van der Waals surface area contributed by atoms with Gasteiger partial charge in [-0.1, -0.05) is 11.6 Å². The van der Waals surface area contributed by atoms with E-state index < -0.39 is 0 Å². The van der Waals surface area contributed by atoms with Gasteiger partial charge in [0.1, 0.15) is 22.6 Å². The molecule has 0 radical (unpaired) electrons. The maximum Gasteiger partial charge on any atom is 0.134 e. The highest BCUT2D eigenvalue weighted by Crippen LogP contribution is 2.22. The Morgan fingerprint density at radius 1 is 1.35 bits per heavy atom. The van der Waals surface area contributed by atoms with Gasteiger partial charge in [-0.15, -0.1) is 0 Å². The molecule has 0 aliphatic heterocycles. The van der Waals surface area contributed by atoms with E-state index in [0.717, 1.165) is 5.82 Å². The summed E-state index contributed by atoms with van der Waals surface area (Å²) in [5.74, 6) is 2.16. The fourth-order valence-electron chi connectivity index (χ4n) is 1.58. The molecule has 0 atom stereocenters. The summed E-state index contributed by atoms with van der Waals surface area (Å²) >= 11 is 5.89. The molecule has 90 valence electrons. The van der Waals surface area contributed by atoms with Crippen LogP contribution < -0.4 is 5.32 Å². The molecular weight excluding hydrogens is 238 g/mol. The molecule has 0 saturated carbocycles. The van der Waals surface area contributed by atoms with Gasteiger partial charge in [0.15, 0.2) is 0 Å². The van der Waals surface area contributed by atoms with Crippen molar-refractivity contribution in [3.63, 3.8) is 0 Å². The van der Waals surface area contributed by atoms with E-state index in [-0.39, 0.29) is 5.54 Å². The van der Waals surface area contributed by atoms with Gasteiger partial charge in [0.25, 0.3) is 0 Å². The maximum absolute atomic E-state index is 5.89. The first-order valence-electron chi connectivity index (χ1n) is 5.26. The quantitative estimate of drug-likeness (QED) is 0.823. The Kier molecular flexibility index (Phi) is 3.02. The van der Waals surface area contributed by atoms with E-state index in [9.17, 15) is 0 Å². The number of halogens is 1. The molecule has 6 heteroatoms. The molecule has 5 nitrogen and oxygen atoms in total. The van der Waals surface area contributed by atoms with Gasteiger partial charge in [0.05, 0.1) is 5.54 Å². The number of aromatic amines is 1. The van der Waals surface area contributed by atoms with Crippen molar-refractivity contribution in [2.24, 2.45) is 0 Å². The summed E-state index contributed by atoms with van der Waals surface area (Å²) in [5.41, 5.74) is -0.354. The Hall–Kier alpha value is -1.62. The minimum atomic E-state index is -0.354. The maximum atomic E-state index is 5.89. The molecule has 0 aliphatic carbocycles. The molecule has 0 bridgehead atoms. The van der Waals surface area contributed by atoms with Crippen LogP contribution in [0.15, 0.2) is 18.5 Å². The molecule has 2 heterocycles. The molecule has 0 spiro atoms. The predicted molar refractivity (Wildman–Crippen MR) is 67.0 cm³/mol. The lowest BCUT2D eigenvalue weighted by molar-refractivity contribution is 0.567. The summed E-state index contributed by atoms with van der Waals surface area (Å²) in [6.07, 6.45) is 3.51. The summed E-state index contributed by atoms with van der Waals surface area (Å²) in [4.78, 5) is 15.6. The lowest BCUT2D eigenvalue weighted by atomic mass is 10.1. The van der Waals surface area contributed by atoms with Gasteiger partial charge in [-0.05, 0) is 20.8 Å². The Balaban J connectivity index is 2.26. The molecule has 0 unspecified atom stereocenters. The van der Waals surface area contributed by atoms with Crippen molar-refractivity contribution in [3.8, 4) is 0 Å². The van der Waals surface area contributed by atoms with E-state index in [1.54, 1.807) is 25.4 Å². The summed E-state index contributed by atoms with van der Waals surface area (Å²) in [6, 6.07) is 1.69. The van der Waals surface area contributed by atoms with E-state index in [1.807, 2.05) is 13.8 Å². The molecule has 2 N–H and O–H groups in total. The van der Waals surface area contributed by atoms with Crippen LogP contribution in [0.3, 0.4) is 0 Å². The average Bonchev–Trinajstić information content (AvgIpc) is 2.67. The minimum absolute atomic E-state index is 0.354. The van der Waals surface area contributed by atoms with E-state index in [4.69, 9.17) is 11.6 Å². The van der Waals surface area contributed by atoms with Crippen LogP contribution in [0.1, 0.15) is 25.5 Å². The fraction of sp³-hybridized carbons (Fsp3) is 0.364. The van der Waals surface area contributed by atoms with Crippen molar-refractivity contribution in [1.29, 1.82) is 0 Å². The third-order valence-electron chi connectivity index (χ3n) is 2.34. The summed E-state index contributed by atoms with van der Waals surface area (Å²) < 4.78 is 0. The molecule has 2 aromatic rings. The fourth-order valence-corrected chi connectivity index (χ4v) is 1.81. The first-order chi connectivity index (χ1) is 7.97. The second kappa shape index (κ2) is 4.33. The number of imidazole rings is 1. The van der Waals surface area contributed by atoms with Gasteiger partial charge in [-0.25, -0.2) is 15.0 Å².